The molecule has 2 N–H and O–H groups in total. The molecule has 0 radical (unpaired) electrons. The fourth-order valence-electron chi connectivity index (χ4n) is 3.24. The second-order valence-corrected chi connectivity index (χ2v) is 5.56. The van der Waals surface area contributed by atoms with Crippen molar-refractivity contribution in [3.8, 4) is 5.75 Å². The highest BCUT2D eigenvalue weighted by Crippen LogP contribution is 2.37. The van der Waals surface area contributed by atoms with Gasteiger partial charge in [-0.2, -0.15) is 0 Å². The van der Waals surface area contributed by atoms with Crippen LogP contribution < -0.4 is 10.5 Å². The highest BCUT2D eigenvalue weighted by molar-refractivity contribution is 6.03. The van der Waals surface area contributed by atoms with E-state index < -0.39 is 0 Å². The van der Waals surface area contributed by atoms with E-state index in [0.29, 0.717) is 5.95 Å². The van der Waals surface area contributed by atoms with E-state index in [1.165, 1.54) is 0 Å². The molecule has 1 aliphatic carbocycles. The molecule has 2 aromatic rings. The number of methoxy groups -OCH3 is 1. The molecule has 3 rings (SSSR count). The Bertz CT molecular complexity index is 758. The number of benzene rings is 1. The first-order valence-electron chi connectivity index (χ1n) is 7.50. The Kier molecular flexibility index (Phi) is 4.14. The van der Waals surface area contributed by atoms with Crippen LogP contribution in [-0.4, -0.2) is 29.9 Å². The molecule has 0 fully saturated rings. The third-order valence-electron chi connectivity index (χ3n) is 4.13. The van der Waals surface area contributed by atoms with E-state index in [1.54, 1.807) is 14.2 Å². The molecule has 0 amide bonds. The first kappa shape index (κ1) is 15.3. The van der Waals surface area contributed by atoms with Crippen LogP contribution in [0.25, 0.3) is 0 Å². The highest BCUT2D eigenvalue weighted by Gasteiger charge is 2.30. The van der Waals surface area contributed by atoms with Gasteiger partial charge in [-0.1, -0.05) is 23.4 Å². The predicted molar refractivity (Wildman–Crippen MR) is 88.8 cm³/mol. The average Bonchev–Trinajstić information content (AvgIpc) is 2.54. The number of hydrogen-bond donors (Lipinski definition) is 1. The van der Waals surface area contributed by atoms with Crippen LogP contribution in [0, 0.1) is 6.92 Å². The standard InChI is InChI=1S/C17H20N4O2/c1-10-16-13(20-17(18)19-10)8-11(9-14(16)21-23-3)12-6-4-5-7-15(12)22-2/h4-7,11H,8-9H2,1-3H3,(H2,18,19,20). The number of ether oxygens (including phenoxy) is 1. The maximum Gasteiger partial charge on any atom is 0.220 e. The zero-order valence-electron chi connectivity index (χ0n) is 13.5. The van der Waals surface area contributed by atoms with E-state index in [0.717, 1.165) is 46.8 Å². The van der Waals surface area contributed by atoms with Crippen molar-refractivity contribution in [1.82, 2.24) is 9.97 Å². The molecular weight excluding hydrogens is 292 g/mol. The summed E-state index contributed by atoms with van der Waals surface area (Å²) in [6.45, 7) is 1.92. The summed E-state index contributed by atoms with van der Waals surface area (Å²) in [4.78, 5) is 13.7. The summed E-state index contributed by atoms with van der Waals surface area (Å²) in [5, 5.41) is 4.20. The number of aryl methyl sites for hydroxylation is 1. The third-order valence-corrected chi connectivity index (χ3v) is 4.13. The summed E-state index contributed by atoms with van der Waals surface area (Å²) in [7, 11) is 3.23. The van der Waals surface area contributed by atoms with Gasteiger partial charge in [-0.15, -0.1) is 0 Å². The molecule has 6 heteroatoms. The lowest BCUT2D eigenvalue weighted by molar-refractivity contribution is 0.212. The van der Waals surface area contributed by atoms with Gasteiger partial charge in [-0.05, 0) is 30.9 Å². The number of hydrogen-bond acceptors (Lipinski definition) is 6. The van der Waals surface area contributed by atoms with Gasteiger partial charge in [0.2, 0.25) is 5.95 Å². The lowest BCUT2D eigenvalue weighted by Gasteiger charge is -2.27. The Morgan fingerprint density at radius 1 is 1.17 bits per heavy atom. The SMILES string of the molecule is CON=C1CC(c2ccccc2OC)Cc2nc(N)nc(C)c21. The van der Waals surface area contributed by atoms with Crippen molar-refractivity contribution < 1.29 is 9.57 Å². The van der Waals surface area contributed by atoms with E-state index in [1.807, 2.05) is 25.1 Å². The number of nitrogens with two attached hydrogens (primary N) is 1. The van der Waals surface area contributed by atoms with E-state index in [4.69, 9.17) is 15.3 Å². The minimum atomic E-state index is 0.209. The van der Waals surface area contributed by atoms with Gasteiger partial charge in [0.05, 0.1) is 24.2 Å². The van der Waals surface area contributed by atoms with Gasteiger partial charge in [0.25, 0.3) is 0 Å². The third kappa shape index (κ3) is 2.84. The van der Waals surface area contributed by atoms with E-state index >= 15 is 0 Å². The summed E-state index contributed by atoms with van der Waals surface area (Å²) in [5.74, 6) is 1.37. The van der Waals surface area contributed by atoms with Crippen LogP contribution in [0.15, 0.2) is 29.4 Å². The van der Waals surface area contributed by atoms with Gasteiger partial charge in [0, 0.05) is 12.0 Å². The molecule has 0 spiro atoms. The fraction of sp³-hybridized carbons (Fsp3) is 0.353. The van der Waals surface area contributed by atoms with Crippen LogP contribution in [0.3, 0.4) is 0 Å². The van der Waals surface area contributed by atoms with Gasteiger partial charge < -0.3 is 15.3 Å². The Morgan fingerprint density at radius 2 is 1.96 bits per heavy atom. The van der Waals surface area contributed by atoms with Crippen LogP contribution in [0.1, 0.15) is 34.9 Å². The van der Waals surface area contributed by atoms with Crippen molar-refractivity contribution in [2.75, 3.05) is 20.0 Å². The maximum atomic E-state index is 5.82. The number of fused-ring (bicyclic) bond motifs is 1. The molecule has 1 unspecified atom stereocenters. The Morgan fingerprint density at radius 3 is 2.70 bits per heavy atom. The zero-order valence-corrected chi connectivity index (χ0v) is 13.5. The van der Waals surface area contributed by atoms with Crippen LogP contribution in [0.5, 0.6) is 5.75 Å². The Balaban J connectivity index is 2.09. The number of anilines is 1. The maximum absolute atomic E-state index is 5.82. The molecule has 0 aliphatic heterocycles. The predicted octanol–water partition coefficient (Wildman–Crippen LogP) is 2.46. The van der Waals surface area contributed by atoms with Crippen molar-refractivity contribution in [2.24, 2.45) is 5.16 Å². The smallest absolute Gasteiger partial charge is 0.220 e. The lowest BCUT2D eigenvalue weighted by atomic mass is 9.80. The number of oxime groups is 1. The van der Waals surface area contributed by atoms with Crippen LogP contribution in [0.2, 0.25) is 0 Å². The van der Waals surface area contributed by atoms with Crippen LogP contribution in [0.4, 0.5) is 5.95 Å². The topological polar surface area (TPSA) is 82.6 Å². The van der Waals surface area contributed by atoms with Crippen molar-refractivity contribution in [2.45, 2.75) is 25.7 Å². The Hall–Kier alpha value is -2.63. The molecule has 120 valence electrons. The van der Waals surface area contributed by atoms with Gasteiger partial charge >= 0.3 is 0 Å². The quantitative estimate of drug-likeness (QED) is 0.880. The zero-order chi connectivity index (χ0) is 16.4. The lowest BCUT2D eigenvalue weighted by Crippen LogP contribution is -2.24. The van der Waals surface area contributed by atoms with Crippen LogP contribution >= 0.6 is 0 Å². The summed E-state index contributed by atoms with van der Waals surface area (Å²) in [6, 6.07) is 8.03. The molecule has 1 aromatic heterocycles. The van der Waals surface area contributed by atoms with Gasteiger partial charge in [-0.25, -0.2) is 9.97 Å². The summed E-state index contributed by atoms with van der Waals surface area (Å²) >= 11 is 0. The van der Waals surface area contributed by atoms with E-state index in [2.05, 4.69) is 21.2 Å². The molecular formula is C17H20N4O2. The van der Waals surface area contributed by atoms with Gasteiger partial charge in [-0.3, -0.25) is 0 Å². The molecule has 23 heavy (non-hydrogen) atoms. The van der Waals surface area contributed by atoms with Crippen LogP contribution in [-0.2, 0) is 11.3 Å². The number of rotatable bonds is 3. The van der Waals surface area contributed by atoms with Crippen molar-refractivity contribution in [3.05, 3.63) is 46.8 Å². The first-order chi connectivity index (χ1) is 11.1. The molecule has 0 saturated carbocycles. The largest absolute Gasteiger partial charge is 0.496 e. The second-order valence-electron chi connectivity index (χ2n) is 5.56. The second kappa shape index (κ2) is 6.24. The normalized spacial score (nSPS) is 18.6. The molecule has 0 saturated heterocycles. The summed E-state index contributed by atoms with van der Waals surface area (Å²) < 4.78 is 5.50. The van der Waals surface area contributed by atoms with E-state index in [-0.39, 0.29) is 5.92 Å². The number of para-hydroxylation sites is 1. The number of nitrogen functional groups attached to an aromatic ring is 1. The van der Waals surface area contributed by atoms with Crippen molar-refractivity contribution in [3.63, 3.8) is 0 Å². The highest BCUT2D eigenvalue weighted by atomic mass is 16.6. The van der Waals surface area contributed by atoms with Gasteiger partial charge in [0.15, 0.2) is 0 Å². The molecule has 1 heterocycles. The number of aromatic nitrogens is 2. The average molecular weight is 312 g/mol. The minimum absolute atomic E-state index is 0.209. The first-order valence-corrected chi connectivity index (χ1v) is 7.50. The molecule has 1 aliphatic rings. The summed E-state index contributed by atoms with van der Waals surface area (Å²) in [5.41, 5.74) is 10.5. The minimum Gasteiger partial charge on any atom is -0.496 e. The molecule has 1 aromatic carbocycles. The number of nitrogens with zero attached hydrogens (tertiary/aromatic N) is 3. The fourth-order valence-corrected chi connectivity index (χ4v) is 3.24. The molecule has 0 bridgehead atoms. The Labute approximate surface area is 135 Å². The van der Waals surface area contributed by atoms with Gasteiger partial charge in [0.1, 0.15) is 12.9 Å². The van der Waals surface area contributed by atoms with E-state index in [9.17, 15) is 0 Å². The van der Waals surface area contributed by atoms with Crippen molar-refractivity contribution in [1.29, 1.82) is 0 Å². The van der Waals surface area contributed by atoms with Crippen molar-refractivity contribution >= 4 is 11.7 Å². The molecule has 6 nitrogen and oxygen atoms in total. The monoisotopic (exact) mass is 312 g/mol. The summed E-state index contributed by atoms with van der Waals surface area (Å²) in [6.07, 6.45) is 1.52. The molecule has 1 atom stereocenters.